The van der Waals surface area contributed by atoms with E-state index in [4.69, 9.17) is 9.90 Å². The third-order valence-electron chi connectivity index (χ3n) is 6.99. The highest BCUT2D eigenvalue weighted by molar-refractivity contribution is 5.97. The molecule has 2 aromatic rings. The van der Waals surface area contributed by atoms with E-state index in [-0.39, 0.29) is 42.4 Å². The molecule has 1 saturated heterocycles. The summed E-state index contributed by atoms with van der Waals surface area (Å²) >= 11 is 0. The number of alkyl halides is 1. The molecule has 1 N–H and O–H groups in total. The van der Waals surface area contributed by atoms with Gasteiger partial charge in [-0.1, -0.05) is 0 Å². The summed E-state index contributed by atoms with van der Waals surface area (Å²) < 4.78 is 27.6. The number of aromatic nitrogens is 1. The normalized spacial score (nSPS) is 21.7. The molecule has 7 nitrogen and oxygen atoms in total. The fourth-order valence-corrected chi connectivity index (χ4v) is 4.78. The molecule has 1 aliphatic carbocycles. The first-order chi connectivity index (χ1) is 17.1. The van der Waals surface area contributed by atoms with E-state index in [1.807, 2.05) is 25.7 Å². The lowest BCUT2D eigenvalue weighted by molar-refractivity contribution is -0.145. The minimum atomic E-state index is -0.838. The lowest BCUT2D eigenvalue weighted by Crippen LogP contribution is -2.56. The van der Waals surface area contributed by atoms with Gasteiger partial charge in [0.15, 0.2) is 5.78 Å². The SMILES string of the molecule is Cc1ccc(C(=O)Cc2cc(F)cc(CN3CCN(C(=O)C4CC(F)C4)[C@@H](C)C3)c2C)cn1.O=CO. The number of amides is 1. The summed E-state index contributed by atoms with van der Waals surface area (Å²) in [6.07, 6.45) is 1.53. The molecule has 2 heterocycles. The lowest BCUT2D eigenvalue weighted by atomic mass is 9.82. The standard InChI is InChI=1S/C26H31F2N3O2.CH2O2/c1-16-4-5-19(13-29-16)25(32)12-20-8-23(27)11-22(18(20)3)15-30-6-7-31(17(2)14-30)26(33)21-9-24(28)10-21;2-1-3/h4-5,8,11,13,17,21,24H,6-7,9-10,12,14-15H2,1-3H3;1H,(H,2,3)/t17-,21?,24?;/m0./s1. The highest BCUT2D eigenvalue weighted by atomic mass is 19.1. The molecule has 2 fully saturated rings. The van der Waals surface area contributed by atoms with Crippen molar-refractivity contribution in [1.82, 2.24) is 14.8 Å². The number of pyridine rings is 1. The predicted octanol–water partition coefficient (Wildman–Crippen LogP) is 3.74. The van der Waals surface area contributed by atoms with Crippen molar-refractivity contribution in [3.63, 3.8) is 0 Å². The van der Waals surface area contributed by atoms with Crippen LogP contribution in [0.3, 0.4) is 0 Å². The van der Waals surface area contributed by atoms with Crippen molar-refractivity contribution in [3.8, 4) is 0 Å². The highest BCUT2D eigenvalue weighted by Crippen LogP contribution is 2.32. The van der Waals surface area contributed by atoms with E-state index < -0.39 is 6.17 Å². The average Bonchev–Trinajstić information content (AvgIpc) is 2.80. The summed E-state index contributed by atoms with van der Waals surface area (Å²) in [6, 6.07) is 6.54. The molecule has 1 atom stereocenters. The summed E-state index contributed by atoms with van der Waals surface area (Å²) in [6.45, 7) is 8.05. The number of nitrogens with zero attached hydrogens (tertiary/aromatic N) is 3. The van der Waals surface area contributed by atoms with Crippen LogP contribution < -0.4 is 0 Å². The zero-order chi connectivity index (χ0) is 26.4. The topological polar surface area (TPSA) is 90.8 Å². The molecule has 4 rings (SSSR count). The molecule has 0 unspecified atom stereocenters. The molecule has 1 amide bonds. The number of hydrogen-bond donors (Lipinski definition) is 1. The molecule has 0 bridgehead atoms. The van der Waals surface area contributed by atoms with Crippen LogP contribution in [0, 0.1) is 25.6 Å². The Morgan fingerprint density at radius 3 is 2.42 bits per heavy atom. The number of piperazine rings is 1. The van der Waals surface area contributed by atoms with Crippen LogP contribution in [0.5, 0.6) is 0 Å². The predicted molar refractivity (Wildman–Crippen MR) is 131 cm³/mol. The second-order valence-corrected chi connectivity index (χ2v) is 9.62. The Kier molecular flexibility index (Phi) is 9.25. The molecular weight excluding hydrogens is 468 g/mol. The molecule has 1 saturated carbocycles. The molecule has 0 radical (unpaired) electrons. The van der Waals surface area contributed by atoms with Crippen molar-refractivity contribution in [2.45, 2.75) is 58.8 Å². The second-order valence-electron chi connectivity index (χ2n) is 9.62. The number of Topliss-reactive ketones (excluding diaryl/α,β-unsaturated/α-hetero) is 1. The van der Waals surface area contributed by atoms with Crippen LogP contribution in [0.2, 0.25) is 0 Å². The Labute approximate surface area is 210 Å². The van der Waals surface area contributed by atoms with Gasteiger partial charge in [0.25, 0.3) is 6.47 Å². The van der Waals surface area contributed by atoms with Crippen LogP contribution in [-0.2, 0) is 22.6 Å². The maximum Gasteiger partial charge on any atom is 0.290 e. The van der Waals surface area contributed by atoms with Crippen molar-refractivity contribution in [1.29, 1.82) is 0 Å². The van der Waals surface area contributed by atoms with Gasteiger partial charge in [-0.25, -0.2) is 8.78 Å². The number of benzene rings is 1. The average molecular weight is 502 g/mol. The second kappa shape index (κ2) is 12.2. The van der Waals surface area contributed by atoms with Crippen LogP contribution in [0.25, 0.3) is 0 Å². The highest BCUT2D eigenvalue weighted by Gasteiger charge is 2.39. The number of carbonyl (C=O) groups excluding carboxylic acids is 2. The first kappa shape index (κ1) is 27.4. The molecular formula is C27H33F2N3O4. The number of hydrogen-bond acceptors (Lipinski definition) is 5. The Hall–Kier alpha value is -3.20. The monoisotopic (exact) mass is 501 g/mol. The van der Waals surface area contributed by atoms with Crippen molar-refractivity contribution >= 4 is 18.2 Å². The van der Waals surface area contributed by atoms with Gasteiger partial charge in [-0.05, 0) is 74.6 Å². The first-order valence-electron chi connectivity index (χ1n) is 12.1. The largest absolute Gasteiger partial charge is 0.483 e. The van der Waals surface area contributed by atoms with Gasteiger partial charge >= 0.3 is 0 Å². The van der Waals surface area contributed by atoms with E-state index in [2.05, 4.69) is 9.88 Å². The van der Waals surface area contributed by atoms with Crippen LogP contribution in [-0.4, -0.2) is 69.9 Å². The molecule has 0 spiro atoms. The van der Waals surface area contributed by atoms with Gasteiger partial charge in [0.05, 0.1) is 0 Å². The summed E-state index contributed by atoms with van der Waals surface area (Å²) in [5.74, 6) is -0.560. The number of carbonyl (C=O) groups is 3. The van der Waals surface area contributed by atoms with Gasteiger partial charge in [0.1, 0.15) is 12.0 Å². The summed E-state index contributed by atoms with van der Waals surface area (Å²) in [5.41, 5.74) is 3.81. The number of carboxylic acid groups (broad SMARTS) is 1. The van der Waals surface area contributed by atoms with E-state index in [1.54, 1.807) is 18.3 Å². The Morgan fingerprint density at radius 2 is 1.83 bits per heavy atom. The number of halogens is 2. The fourth-order valence-electron chi connectivity index (χ4n) is 4.78. The fraction of sp³-hybridized carbons (Fsp3) is 0.481. The molecule has 1 aliphatic heterocycles. The van der Waals surface area contributed by atoms with Crippen molar-refractivity contribution < 1.29 is 28.3 Å². The Balaban J connectivity index is 0.00000115. The summed E-state index contributed by atoms with van der Waals surface area (Å²) in [5, 5.41) is 6.89. The minimum absolute atomic E-state index is 0.0221. The van der Waals surface area contributed by atoms with Crippen LogP contribution in [0.15, 0.2) is 30.5 Å². The van der Waals surface area contributed by atoms with Crippen LogP contribution >= 0.6 is 0 Å². The zero-order valence-electron chi connectivity index (χ0n) is 20.9. The van der Waals surface area contributed by atoms with Gasteiger partial charge < -0.3 is 10.0 Å². The molecule has 194 valence electrons. The van der Waals surface area contributed by atoms with Crippen molar-refractivity contribution in [2.75, 3.05) is 19.6 Å². The van der Waals surface area contributed by atoms with Gasteiger partial charge in [-0.3, -0.25) is 24.3 Å². The number of ketones is 1. The molecule has 1 aromatic carbocycles. The molecule has 9 heteroatoms. The van der Waals surface area contributed by atoms with Gasteiger partial charge in [0, 0.05) is 62.0 Å². The van der Waals surface area contributed by atoms with E-state index in [0.29, 0.717) is 50.1 Å². The minimum Gasteiger partial charge on any atom is -0.483 e. The summed E-state index contributed by atoms with van der Waals surface area (Å²) in [7, 11) is 0. The quantitative estimate of drug-likeness (QED) is 0.479. The van der Waals surface area contributed by atoms with E-state index in [9.17, 15) is 18.4 Å². The third kappa shape index (κ3) is 6.72. The van der Waals surface area contributed by atoms with Gasteiger partial charge in [-0.15, -0.1) is 0 Å². The van der Waals surface area contributed by atoms with Crippen molar-refractivity contribution in [2.24, 2.45) is 5.92 Å². The van der Waals surface area contributed by atoms with Crippen LogP contribution in [0.4, 0.5) is 8.78 Å². The lowest BCUT2D eigenvalue weighted by Gasteiger charge is -2.43. The molecule has 2 aliphatic rings. The smallest absolute Gasteiger partial charge is 0.290 e. The van der Waals surface area contributed by atoms with Gasteiger partial charge in [0.2, 0.25) is 5.91 Å². The third-order valence-corrected chi connectivity index (χ3v) is 6.99. The number of rotatable bonds is 6. The maximum atomic E-state index is 14.5. The zero-order valence-corrected chi connectivity index (χ0v) is 20.9. The van der Waals surface area contributed by atoms with E-state index in [1.165, 1.54) is 12.1 Å². The number of aryl methyl sites for hydroxylation is 1. The van der Waals surface area contributed by atoms with Crippen molar-refractivity contribution in [3.05, 3.63) is 64.2 Å². The summed E-state index contributed by atoms with van der Waals surface area (Å²) in [4.78, 5) is 42.0. The first-order valence-corrected chi connectivity index (χ1v) is 12.1. The molecule has 1 aromatic heterocycles. The maximum absolute atomic E-state index is 14.5. The Morgan fingerprint density at radius 1 is 1.17 bits per heavy atom. The van der Waals surface area contributed by atoms with E-state index in [0.717, 1.165) is 16.8 Å². The van der Waals surface area contributed by atoms with Gasteiger partial charge in [-0.2, -0.15) is 0 Å². The van der Waals surface area contributed by atoms with Crippen LogP contribution in [0.1, 0.15) is 52.5 Å². The Bertz CT molecular complexity index is 1090. The molecule has 36 heavy (non-hydrogen) atoms. The van der Waals surface area contributed by atoms with E-state index >= 15 is 0 Å².